The minimum atomic E-state index is -3.31. The summed E-state index contributed by atoms with van der Waals surface area (Å²) in [4.78, 5) is 18.4. The van der Waals surface area contributed by atoms with Gasteiger partial charge >= 0.3 is 0 Å². The molecule has 1 aliphatic heterocycles. The van der Waals surface area contributed by atoms with Gasteiger partial charge in [0.05, 0.1) is 23.0 Å². The molecule has 0 radical (unpaired) electrons. The zero-order valence-corrected chi connectivity index (χ0v) is 14.0. The van der Waals surface area contributed by atoms with E-state index in [9.17, 15) is 13.2 Å². The van der Waals surface area contributed by atoms with Crippen molar-refractivity contribution in [3.63, 3.8) is 0 Å². The second-order valence-electron chi connectivity index (χ2n) is 5.84. The van der Waals surface area contributed by atoms with E-state index < -0.39 is 15.9 Å². The largest absolute Gasteiger partial charge is 0.338 e. The van der Waals surface area contributed by atoms with E-state index in [-0.39, 0.29) is 11.7 Å². The van der Waals surface area contributed by atoms with Crippen molar-refractivity contribution in [3.8, 4) is 0 Å². The van der Waals surface area contributed by atoms with Crippen molar-refractivity contribution < 1.29 is 13.2 Å². The first-order valence-electron chi connectivity index (χ1n) is 7.42. The number of carbonyl (C=O) groups is 1. The molecule has 23 heavy (non-hydrogen) atoms. The van der Waals surface area contributed by atoms with Gasteiger partial charge in [0.15, 0.2) is 9.84 Å². The fraction of sp³-hybridized carbons (Fsp3) is 0.375. The maximum atomic E-state index is 12.5. The fourth-order valence-electron chi connectivity index (χ4n) is 2.96. The van der Waals surface area contributed by atoms with Crippen molar-refractivity contribution in [1.82, 2.24) is 14.5 Å². The van der Waals surface area contributed by atoms with Gasteiger partial charge in [0.2, 0.25) is 5.91 Å². The van der Waals surface area contributed by atoms with Crippen molar-refractivity contribution in [2.75, 3.05) is 12.8 Å². The van der Waals surface area contributed by atoms with Gasteiger partial charge in [0.25, 0.3) is 0 Å². The zero-order valence-electron chi connectivity index (χ0n) is 13.1. The molecule has 0 fully saturated rings. The molecule has 0 saturated carbocycles. The molecule has 1 atom stereocenters. The average molecular weight is 333 g/mol. The number of aryl methyl sites for hydroxylation is 2. The highest BCUT2D eigenvalue weighted by Crippen LogP contribution is 2.36. The van der Waals surface area contributed by atoms with Crippen LogP contribution in [0, 0.1) is 0 Å². The van der Waals surface area contributed by atoms with Crippen molar-refractivity contribution in [2.45, 2.75) is 23.8 Å². The highest BCUT2D eigenvalue weighted by Gasteiger charge is 2.37. The van der Waals surface area contributed by atoms with Gasteiger partial charge in [0, 0.05) is 32.4 Å². The summed E-state index contributed by atoms with van der Waals surface area (Å²) >= 11 is 0. The van der Waals surface area contributed by atoms with Crippen LogP contribution in [-0.2, 0) is 28.1 Å². The molecule has 2 heterocycles. The molecule has 0 spiro atoms. The number of carbonyl (C=O) groups excluding carboxylic acids is 1. The van der Waals surface area contributed by atoms with Crippen LogP contribution in [0.4, 0.5) is 0 Å². The van der Waals surface area contributed by atoms with Crippen LogP contribution in [0.1, 0.15) is 23.7 Å². The Labute approximate surface area is 135 Å². The zero-order chi connectivity index (χ0) is 16.6. The molecular formula is C16H19N3O3S. The van der Waals surface area contributed by atoms with Crippen LogP contribution in [0.2, 0.25) is 0 Å². The third-order valence-electron chi connectivity index (χ3n) is 4.36. The Morgan fingerprint density at radius 3 is 2.83 bits per heavy atom. The minimum absolute atomic E-state index is 0.0414. The summed E-state index contributed by atoms with van der Waals surface area (Å²) in [6.45, 7) is 0. The van der Waals surface area contributed by atoms with Gasteiger partial charge in [-0.25, -0.2) is 13.4 Å². The first-order chi connectivity index (χ1) is 10.9. The third kappa shape index (κ3) is 2.88. The Bertz CT molecular complexity index is 842. The Morgan fingerprint density at radius 2 is 2.13 bits per heavy atom. The van der Waals surface area contributed by atoms with Gasteiger partial charge in [-0.15, -0.1) is 0 Å². The lowest BCUT2D eigenvalue weighted by Crippen LogP contribution is -2.32. The van der Waals surface area contributed by atoms with E-state index in [0.29, 0.717) is 23.3 Å². The van der Waals surface area contributed by atoms with Crippen molar-refractivity contribution >= 4 is 15.7 Å². The number of amides is 1. The Kier molecular flexibility index (Phi) is 3.97. The highest BCUT2D eigenvalue weighted by atomic mass is 32.2. The van der Waals surface area contributed by atoms with E-state index in [0.717, 1.165) is 5.69 Å². The minimum Gasteiger partial charge on any atom is -0.338 e. The van der Waals surface area contributed by atoms with Crippen LogP contribution >= 0.6 is 0 Å². The van der Waals surface area contributed by atoms with Crippen LogP contribution in [0.25, 0.3) is 0 Å². The van der Waals surface area contributed by atoms with Gasteiger partial charge < -0.3 is 9.47 Å². The summed E-state index contributed by atoms with van der Waals surface area (Å²) in [5, 5.41) is 0. The van der Waals surface area contributed by atoms with Gasteiger partial charge in [-0.05, 0) is 18.1 Å². The number of rotatable bonds is 4. The summed E-state index contributed by atoms with van der Waals surface area (Å²) in [6.07, 6.45) is 4.35. The van der Waals surface area contributed by atoms with Crippen molar-refractivity contribution in [2.24, 2.45) is 7.05 Å². The van der Waals surface area contributed by atoms with Gasteiger partial charge in [0.1, 0.15) is 0 Å². The van der Waals surface area contributed by atoms with Crippen molar-refractivity contribution in [1.29, 1.82) is 0 Å². The maximum Gasteiger partial charge on any atom is 0.223 e. The van der Waals surface area contributed by atoms with Crippen LogP contribution in [0.3, 0.4) is 0 Å². The standard InChI is InChI=1S/C16H19N3O3S/c1-18-11-17-9-12(18)7-8-16(20)19(2)14-10-23(21,22)15-6-4-3-5-13(14)15/h3-6,9,11,14H,7-8,10H2,1-2H3. The lowest BCUT2D eigenvalue weighted by Gasteiger charge is -2.24. The summed E-state index contributed by atoms with van der Waals surface area (Å²) in [5.74, 6) is -0.108. The molecular weight excluding hydrogens is 314 g/mol. The molecule has 1 amide bonds. The van der Waals surface area contributed by atoms with E-state index in [1.165, 1.54) is 0 Å². The lowest BCUT2D eigenvalue weighted by atomic mass is 10.1. The second kappa shape index (κ2) is 5.81. The van der Waals surface area contributed by atoms with Crippen LogP contribution in [0.5, 0.6) is 0 Å². The van der Waals surface area contributed by atoms with E-state index in [1.807, 2.05) is 11.6 Å². The first-order valence-corrected chi connectivity index (χ1v) is 9.08. The average Bonchev–Trinajstić information content (AvgIpc) is 3.06. The molecule has 0 bridgehead atoms. The predicted octanol–water partition coefficient (Wildman–Crippen LogP) is 1.34. The van der Waals surface area contributed by atoms with Gasteiger partial charge in [-0.2, -0.15) is 0 Å². The second-order valence-corrected chi connectivity index (χ2v) is 7.84. The number of benzene rings is 1. The molecule has 2 aromatic rings. The van der Waals surface area contributed by atoms with Crippen LogP contribution < -0.4 is 0 Å². The molecule has 1 aromatic heterocycles. The summed E-state index contributed by atoms with van der Waals surface area (Å²) in [6, 6.07) is 6.51. The topological polar surface area (TPSA) is 72.3 Å². The smallest absolute Gasteiger partial charge is 0.223 e. The van der Waals surface area contributed by atoms with Crippen molar-refractivity contribution in [3.05, 3.63) is 48.0 Å². The SMILES string of the molecule is CN(C(=O)CCc1cncn1C)C1CS(=O)(=O)c2ccccc21. The number of hydrogen-bond acceptors (Lipinski definition) is 4. The molecule has 0 aliphatic carbocycles. The maximum absolute atomic E-state index is 12.5. The van der Waals surface area contributed by atoms with Gasteiger partial charge in [-0.3, -0.25) is 4.79 Å². The predicted molar refractivity (Wildman–Crippen MR) is 85.5 cm³/mol. The number of nitrogens with zero attached hydrogens (tertiary/aromatic N) is 3. The molecule has 1 unspecified atom stereocenters. The third-order valence-corrected chi connectivity index (χ3v) is 6.16. The molecule has 122 valence electrons. The number of sulfone groups is 1. The summed E-state index contributed by atoms with van der Waals surface area (Å²) in [7, 11) is 0.254. The Morgan fingerprint density at radius 1 is 1.39 bits per heavy atom. The van der Waals surface area contributed by atoms with Crippen LogP contribution in [0.15, 0.2) is 41.7 Å². The number of hydrogen-bond donors (Lipinski definition) is 0. The molecule has 0 saturated heterocycles. The Hall–Kier alpha value is -2.15. The lowest BCUT2D eigenvalue weighted by molar-refractivity contribution is -0.131. The monoisotopic (exact) mass is 333 g/mol. The molecule has 3 rings (SSSR count). The molecule has 0 N–H and O–H groups in total. The van der Waals surface area contributed by atoms with Crippen LogP contribution in [-0.4, -0.2) is 41.6 Å². The number of imidazole rings is 1. The molecule has 1 aromatic carbocycles. The quantitative estimate of drug-likeness (QED) is 0.846. The highest BCUT2D eigenvalue weighted by molar-refractivity contribution is 7.91. The first kappa shape index (κ1) is 15.7. The Balaban J connectivity index is 1.75. The molecule has 1 aliphatic rings. The molecule has 7 heteroatoms. The fourth-order valence-corrected chi connectivity index (χ4v) is 4.81. The summed E-state index contributed by atoms with van der Waals surface area (Å²) in [5.41, 5.74) is 1.69. The molecule has 6 nitrogen and oxygen atoms in total. The van der Waals surface area contributed by atoms with E-state index in [4.69, 9.17) is 0 Å². The number of fused-ring (bicyclic) bond motifs is 1. The van der Waals surface area contributed by atoms with Gasteiger partial charge in [-0.1, -0.05) is 18.2 Å². The van der Waals surface area contributed by atoms with E-state index in [1.54, 1.807) is 48.7 Å². The number of aromatic nitrogens is 2. The normalized spacial score (nSPS) is 18.6. The van der Waals surface area contributed by atoms with E-state index in [2.05, 4.69) is 4.98 Å². The summed E-state index contributed by atoms with van der Waals surface area (Å²) < 4.78 is 26.3. The van der Waals surface area contributed by atoms with E-state index >= 15 is 0 Å².